The Bertz CT molecular complexity index is 1050. The molecular weight excluding hydrogens is 377 g/mol. The molecule has 2 atom stereocenters. The van der Waals surface area contributed by atoms with Gasteiger partial charge in [-0.25, -0.2) is 9.18 Å². The zero-order valence-electron chi connectivity index (χ0n) is 16.3. The van der Waals surface area contributed by atoms with E-state index >= 15 is 4.39 Å². The number of carboxylic acid groups (broad SMARTS) is 1. The van der Waals surface area contributed by atoms with Gasteiger partial charge in [-0.05, 0) is 44.2 Å². The molecule has 0 spiro atoms. The van der Waals surface area contributed by atoms with Gasteiger partial charge in [-0.15, -0.1) is 0 Å². The Hall–Kier alpha value is -2.61. The van der Waals surface area contributed by atoms with E-state index in [1.54, 1.807) is 4.57 Å². The fourth-order valence-electron chi connectivity index (χ4n) is 4.90. The maximum atomic E-state index is 15.6. The van der Waals surface area contributed by atoms with Crippen LogP contribution < -0.4 is 20.4 Å². The number of rotatable bonds is 4. The average Bonchev–Trinajstić information content (AvgIpc) is 3.45. The lowest BCUT2D eigenvalue weighted by atomic mass is 9.94. The highest BCUT2D eigenvalue weighted by Gasteiger charge is 2.37. The number of carboxylic acids is 1. The van der Waals surface area contributed by atoms with Crippen LogP contribution in [-0.2, 0) is 0 Å². The van der Waals surface area contributed by atoms with Crippen molar-refractivity contribution in [3.8, 4) is 5.75 Å². The maximum absolute atomic E-state index is 15.6. The molecule has 8 heteroatoms. The summed E-state index contributed by atoms with van der Waals surface area (Å²) in [5.41, 5.74) is -0.229. The summed E-state index contributed by atoms with van der Waals surface area (Å²) in [6, 6.07) is 1.89. The van der Waals surface area contributed by atoms with Gasteiger partial charge in [0.05, 0.1) is 23.7 Å². The topological polar surface area (TPSA) is 83.8 Å². The van der Waals surface area contributed by atoms with Gasteiger partial charge in [0, 0.05) is 31.4 Å². The molecule has 0 radical (unpaired) electrons. The Balaban J connectivity index is 1.72. The van der Waals surface area contributed by atoms with E-state index in [2.05, 4.69) is 5.32 Å². The molecule has 2 aliphatic heterocycles. The minimum absolute atomic E-state index is 0.0151. The van der Waals surface area contributed by atoms with E-state index in [4.69, 9.17) is 4.74 Å². The van der Waals surface area contributed by atoms with Crippen molar-refractivity contribution >= 4 is 22.6 Å². The molecule has 154 valence electrons. The average molecular weight is 401 g/mol. The van der Waals surface area contributed by atoms with Crippen LogP contribution in [0.15, 0.2) is 17.1 Å². The number of hydrogen-bond acceptors (Lipinski definition) is 5. The zero-order chi connectivity index (χ0) is 20.3. The monoisotopic (exact) mass is 401 g/mol. The molecular formula is C21H24FN3O4. The molecule has 1 aromatic heterocycles. The van der Waals surface area contributed by atoms with Gasteiger partial charge in [0.2, 0.25) is 5.43 Å². The molecule has 3 aliphatic rings. The number of aromatic nitrogens is 1. The van der Waals surface area contributed by atoms with Crippen molar-refractivity contribution in [2.45, 2.75) is 37.8 Å². The first-order chi connectivity index (χ1) is 14.0. The highest BCUT2D eigenvalue weighted by Crippen LogP contribution is 2.43. The van der Waals surface area contributed by atoms with Gasteiger partial charge >= 0.3 is 5.97 Å². The first-order valence-corrected chi connectivity index (χ1v) is 10.2. The van der Waals surface area contributed by atoms with Gasteiger partial charge in [0.15, 0.2) is 11.6 Å². The van der Waals surface area contributed by atoms with E-state index in [0.29, 0.717) is 36.3 Å². The number of ether oxygens (including phenoxy) is 1. The largest absolute Gasteiger partial charge is 0.491 e. The molecule has 0 amide bonds. The van der Waals surface area contributed by atoms with Crippen LogP contribution in [0.2, 0.25) is 0 Å². The van der Waals surface area contributed by atoms with E-state index in [-0.39, 0.29) is 22.7 Å². The van der Waals surface area contributed by atoms with Crippen LogP contribution in [0.3, 0.4) is 0 Å². The fraction of sp³-hybridized carbons (Fsp3) is 0.524. The highest BCUT2D eigenvalue weighted by atomic mass is 19.1. The molecule has 3 fully saturated rings. The molecule has 1 aliphatic carbocycles. The van der Waals surface area contributed by atoms with Gasteiger partial charge in [0.1, 0.15) is 5.56 Å². The number of aromatic carboxylic acids is 1. The van der Waals surface area contributed by atoms with Crippen LogP contribution in [0.5, 0.6) is 5.75 Å². The number of halogens is 1. The summed E-state index contributed by atoms with van der Waals surface area (Å²) in [5, 5.41) is 13.2. The van der Waals surface area contributed by atoms with Crippen LogP contribution in [0.1, 0.15) is 42.1 Å². The Morgan fingerprint density at radius 1 is 1.31 bits per heavy atom. The number of fused-ring (bicyclic) bond motifs is 2. The van der Waals surface area contributed by atoms with Gasteiger partial charge in [-0.2, -0.15) is 0 Å². The van der Waals surface area contributed by atoms with Gasteiger partial charge in [0.25, 0.3) is 0 Å². The SMILES string of the molecule is COc1c(F)c(N2CC3CCCNC3C2)cc2c(=O)c(C(=O)O)cn(C3CC3)c12. The molecule has 2 N–H and O–H groups in total. The lowest BCUT2D eigenvalue weighted by Crippen LogP contribution is -2.40. The number of hydrogen-bond donors (Lipinski definition) is 2. The third-order valence-electron chi connectivity index (χ3n) is 6.51. The van der Waals surface area contributed by atoms with Crippen molar-refractivity contribution in [2.75, 3.05) is 31.6 Å². The Labute approximate surface area is 167 Å². The van der Waals surface area contributed by atoms with Crippen LogP contribution in [0, 0.1) is 11.7 Å². The summed E-state index contributed by atoms with van der Waals surface area (Å²) >= 11 is 0. The van der Waals surface area contributed by atoms with E-state index < -0.39 is 17.2 Å². The minimum atomic E-state index is -1.27. The Kier molecular flexibility index (Phi) is 4.27. The third-order valence-corrected chi connectivity index (χ3v) is 6.51. The second-order valence-electron chi connectivity index (χ2n) is 8.32. The molecule has 0 bridgehead atoms. The van der Waals surface area contributed by atoms with E-state index in [0.717, 1.165) is 32.2 Å². The molecule has 1 saturated carbocycles. The number of piperidine rings is 1. The quantitative estimate of drug-likeness (QED) is 0.819. The number of carbonyl (C=O) groups is 1. The Morgan fingerprint density at radius 2 is 2.10 bits per heavy atom. The minimum Gasteiger partial charge on any atom is -0.491 e. The highest BCUT2D eigenvalue weighted by molar-refractivity contribution is 5.96. The number of anilines is 1. The first kappa shape index (κ1) is 18.4. The number of nitrogens with zero attached hydrogens (tertiary/aromatic N) is 2. The van der Waals surface area contributed by atoms with Gasteiger partial charge in [-0.3, -0.25) is 4.79 Å². The second-order valence-corrected chi connectivity index (χ2v) is 8.32. The summed E-state index contributed by atoms with van der Waals surface area (Å²) < 4.78 is 22.7. The number of pyridine rings is 1. The number of benzene rings is 1. The van der Waals surface area contributed by atoms with E-state index in [9.17, 15) is 14.7 Å². The van der Waals surface area contributed by atoms with E-state index in [1.807, 2.05) is 4.90 Å². The normalized spacial score (nSPS) is 24.0. The van der Waals surface area contributed by atoms with Crippen molar-refractivity contribution in [3.63, 3.8) is 0 Å². The number of methoxy groups -OCH3 is 1. The fourth-order valence-corrected chi connectivity index (χ4v) is 4.90. The summed E-state index contributed by atoms with van der Waals surface area (Å²) in [4.78, 5) is 26.6. The third kappa shape index (κ3) is 2.88. The molecule has 5 rings (SSSR count). The molecule has 3 heterocycles. The van der Waals surface area contributed by atoms with Crippen molar-refractivity contribution in [1.29, 1.82) is 0 Å². The predicted octanol–water partition coefficient (Wildman–Crippen LogP) is 2.37. The van der Waals surface area contributed by atoms with Crippen LogP contribution in [-0.4, -0.2) is 48.4 Å². The summed E-state index contributed by atoms with van der Waals surface area (Å²) in [5.74, 6) is -1.30. The summed E-state index contributed by atoms with van der Waals surface area (Å²) in [7, 11) is 1.39. The summed E-state index contributed by atoms with van der Waals surface area (Å²) in [6.07, 6.45) is 5.26. The molecule has 2 saturated heterocycles. The standard InChI is InChI=1S/C21H24FN3O4/c1-29-20-17(22)16(24-8-11-3-2-6-23-15(11)10-24)7-13-18(20)25(12-4-5-12)9-14(19(13)26)21(27)28/h7,9,11-12,15,23H,2-6,8,10H2,1H3,(H,27,28). The van der Waals surface area contributed by atoms with Crippen molar-refractivity contribution in [1.82, 2.24) is 9.88 Å². The Morgan fingerprint density at radius 3 is 2.76 bits per heavy atom. The van der Waals surface area contributed by atoms with Gasteiger partial charge < -0.3 is 24.6 Å². The number of nitrogens with one attached hydrogen (secondary N) is 1. The zero-order valence-corrected chi connectivity index (χ0v) is 16.3. The predicted molar refractivity (Wildman–Crippen MR) is 107 cm³/mol. The van der Waals surface area contributed by atoms with Crippen LogP contribution in [0.4, 0.5) is 10.1 Å². The molecule has 29 heavy (non-hydrogen) atoms. The first-order valence-electron chi connectivity index (χ1n) is 10.2. The van der Waals surface area contributed by atoms with Gasteiger partial charge in [-0.1, -0.05) is 0 Å². The maximum Gasteiger partial charge on any atom is 0.341 e. The van der Waals surface area contributed by atoms with E-state index in [1.165, 1.54) is 19.4 Å². The lowest BCUT2D eigenvalue weighted by molar-refractivity contribution is 0.0695. The summed E-state index contributed by atoms with van der Waals surface area (Å²) in [6.45, 7) is 2.33. The van der Waals surface area contributed by atoms with Crippen molar-refractivity contribution < 1.29 is 19.0 Å². The molecule has 2 unspecified atom stereocenters. The van der Waals surface area contributed by atoms with Crippen LogP contribution >= 0.6 is 0 Å². The lowest BCUT2D eigenvalue weighted by Gasteiger charge is -2.24. The van der Waals surface area contributed by atoms with Crippen molar-refractivity contribution in [2.24, 2.45) is 5.92 Å². The smallest absolute Gasteiger partial charge is 0.341 e. The molecule has 1 aromatic carbocycles. The molecule has 2 aromatic rings. The van der Waals surface area contributed by atoms with Crippen molar-refractivity contribution in [3.05, 3.63) is 33.9 Å². The van der Waals surface area contributed by atoms with Crippen LogP contribution in [0.25, 0.3) is 10.9 Å². The second kappa shape index (κ2) is 6.73. The molecule has 7 nitrogen and oxygen atoms in total.